The molecule has 2 saturated heterocycles. The molecule has 0 spiro atoms. The average molecular weight is 388 g/mol. The number of amides is 1. The van der Waals surface area contributed by atoms with Gasteiger partial charge in [0.25, 0.3) is 0 Å². The first kappa shape index (κ1) is 18.8. The van der Waals surface area contributed by atoms with Gasteiger partial charge in [-0.1, -0.05) is 0 Å². The maximum atomic E-state index is 12.0. The molecule has 1 atom stereocenters. The smallest absolute Gasteiger partial charge is 0.220 e. The molecular weight excluding hydrogens is 362 g/mol. The van der Waals surface area contributed by atoms with Gasteiger partial charge in [-0.05, 0) is 18.8 Å². The second-order valence-corrected chi connectivity index (χ2v) is 9.88. The van der Waals surface area contributed by atoms with Crippen LogP contribution in [0, 0.1) is 5.92 Å². The van der Waals surface area contributed by atoms with Crippen LogP contribution in [0.25, 0.3) is 0 Å². The Balaban J connectivity index is 1.36. The minimum absolute atomic E-state index is 0.0331. The van der Waals surface area contributed by atoms with Crippen LogP contribution in [0.2, 0.25) is 0 Å². The zero-order chi connectivity index (χ0) is 17.7. The largest absolute Gasteiger partial charge is 0.379 e. The van der Waals surface area contributed by atoms with Crippen LogP contribution in [-0.4, -0.2) is 62.0 Å². The molecule has 1 aromatic rings. The van der Waals surface area contributed by atoms with Gasteiger partial charge in [0.05, 0.1) is 37.0 Å². The fourth-order valence-electron chi connectivity index (χ4n) is 3.19. The molecule has 0 radical (unpaired) electrons. The van der Waals surface area contributed by atoms with Gasteiger partial charge in [0.2, 0.25) is 5.91 Å². The molecule has 25 heavy (non-hydrogen) atoms. The number of hydrogen-bond acceptors (Lipinski definition) is 7. The maximum absolute atomic E-state index is 12.0. The number of sulfone groups is 1. The van der Waals surface area contributed by atoms with Crippen molar-refractivity contribution < 1.29 is 17.9 Å². The fraction of sp³-hybridized carbons (Fsp3) is 0.750. The zero-order valence-corrected chi connectivity index (χ0v) is 15.9. The van der Waals surface area contributed by atoms with E-state index in [2.05, 4.69) is 15.2 Å². The molecular formula is C16H25N3O4S2. The van der Waals surface area contributed by atoms with Gasteiger partial charge >= 0.3 is 0 Å². The Morgan fingerprint density at radius 1 is 1.40 bits per heavy atom. The highest BCUT2D eigenvalue weighted by Gasteiger charge is 2.27. The highest BCUT2D eigenvalue weighted by atomic mass is 32.2. The van der Waals surface area contributed by atoms with Crippen molar-refractivity contribution in [3.8, 4) is 0 Å². The molecule has 3 rings (SSSR count). The normalized spacial score (nSPS) is 23.6. The summed E-state index contributed by atoms with van der Waals surface area (Å²) in [5, 5.41) is 5.83. The molecule has 2 aliphatic heterocycles. The Hall–Kier alpha value is -1.03. The molecule has 2 fully saturated rings. The number of carbonyl (C=O) groups is 1. The molecule has 1 N–H and O–H groups in total. The Morgan fingerprint density at radius 3 is 2.92 bits per heavy atom. The summed E-state index contributed by atoms with van der Waals surface area (Å²) >= 11 is 1.56. The summed E-state index contributed by atoms with van der Waals surface area (Å²) in [5.41, 5.74) is 1.03. The van der Waals surface area contributed by atoms with Gasteiger partial charge in [0, 0.05) is 31.4 Å². The standard InChI is InChI=1S/C16H25N3O4S2/c20-15(2-1-13-3-8-25(21,22)12-13)17-9-16-18-14(11-24-16)10-19-4-6-23-7-5-19/h11,13H,1-10,12H2,(H,17,20). The van der Waals surface area contributed by atoms with Gasteiger partial charge in [-0.3, -0.25) is 9.69 Å². The predicted molar refractivity (Wildman–Crippen MR) is 96.1 cm³/mol. The number of carbonyl (C=O) groups excluding carboxylic acids is 1. The lowest BCUT2D eigenvalue weighted by Gasteiger charge is -2.25. The third-order valence-corrected chi connectivity index (χ3v) is 7.37. The molecule has 1 amide bonds. The van der Waals surface area contributed by atoms with Gasteiger partial charge < -0.3 is 10.1 Å². The van der Waals surface area contributed by atoms with Crippen LogP contribution in [-0.2, 0) is 32.5 Å². The van der Waals surface area contributed by atoms with E-state index in [4.69, 9.17) is 4.74 Å². The topological polar surface area (TPSA) is 88.6 Å². The second-order valence-electron chi connectivity index (χ2n) is 6.71. The number of aromatic nitrogens is 1. The van der Waals surface area contributed by atoms with Crippen molar-refractivity contribution in [3.63, 3.8) is 0 Å². The highest BCUT2D eigenvalue weighted by Crippen LogP contribution is 2.22. The highest BCUT2D eigenvalue weighted by molar-refractivity contribution is 7.91. The van der Waals surface area contributed by atoms with Crippen molar-refractivity contribution in [2.75, 3.05) is 37.8 Å². The van der Waals surface area contributed by atoms with Gasteiger partial charge in [-0.25, -0.2) is 13.4 Å². The quantitative estimate of drug-likeness (QED) is 0.745. The zero-order valence-electron chi connectivity index (χ0n) is 14.3. The minimum atomic E-state index is -2.86. The van der Waals surface area contributed by atoms with E-state index in [9.17, 15) is 13.2 Å². The van der Waals surface area contributed by atoms with E-state index in [0.29, 0.717) is 25.8 Å². The first-order valence-electron chi connectivity index (χ1n) is 8.71. The number of hydrogen-bond donors (Lipinski definition) is 1. The van der Waals surface area contributed by atoms with Crippen molar-refractivity contribution in [1.82, 2.24) is 15.2 Å². The van der Waals surface area contributed by atoms with Crippen LogP contribution in [0.5, 0.6) is 0 Å². The minimum Gasteiger partial charge on any atom is -0.379 e. The Labute approximate surface area is 152 Å². The number of nitrogens with one attached hydrogen (secondary N) is 1. The molecule has 0 saturated carbocycles. The van der Waals surface area contributed by atoms with Gasteiger partial charge in [0.15, 0.2) is 9.84 Å². The number of nitrogens with zero attached hydrogens (tertiary/aromatic N) is 2. The molecule has 9 heteroatoms. The Kier molecular flexibility index (Phi) is 6.43. The lowest BCUT2D eigenvalue weighted by Crippen LogP contribution is -2.35. The Morgan fingerprint density at radius 2 is 2.20 bits per heavy atom. The molecule has 1 aromatic heterocycles. The summed E-state index contributed by atoms with van der Waals surface area (Å²) in [6.07, 6.45) is 1.71. The van der Waals surface area contributed by atoms with Crippen LogP contribution in [0.3, 0.4) is 0 Å². The van der Waals surface area contributed by atoms with E-state index in [1.807, 2.05) is 5.38 Å². The first-order chi connectivity index (χ1) is 12.0. The summed E-state index contributed by atoms with van der Waals surface area (Å²) in [7, 11) is -2.86. The summed E-state index contributed by atoms with van der Waals surface area (Å²) < 4.78 is 28.2. The fourth-order valence-corrected chi connectivity index (χ4v) is 5.82. The predicted octanol–water partition coefficient (Wildman–Crippen LogP) is 0.806. The Bertz CT molecular complexity index is 683. The lowest BCUT2D eigenvalue weighted by atomic mass is 10.0. The third-order valence-electron chi connectivity index (χ3n) is 4.63. The summed E-state index contributed by atoms with van der Waals surface area (Å²) in [6, 6.07) is 0. The van der Waals surface area contributed by atoms with Crippen molar-refractivity contribution in [2.24, 2.45) is 5.92 Å². The molecule has 1 unspecified atom stereocenters. The van der Waals surface area contributed by atoms with Gasteiger partial charge in [-0.2, -0.15) is 0 Å². The van der Waals surface area contributed by atoms with E-state index < -0.39 is 9.84 Å². The number of ether oxygens (including phenoxy) is 1. The van der Waals surface area contributed by atoms with Crippen molar-refractivity contribution in [1.29, 1.82) is 0 Å². The number of thiazole rings is 1. The van der Waals surface area contributed by atoms with Gasteiger partial charge in [-0.15, -0.1) is 11.3 Å². The van der Waals surface area contributed by atoms with E-state index in [-0.39, 0.29) is 23.3 Å². The van der Waals surface area contributed by atoms with Crippen LogP contribution in [0.1, 0.15) is 30.0 Å². The van der Waals surface area contributed by atoms with Crippen molar-refractivity contribution in [2.45, 2.75) is 32.4 Å². The molecule has 7 nitrogen and oxygen atoms in total. The summed E-state index contributed by atoms with van der Waals surface area (Å²) in [5.74, 6) is 0.604. The SMILES string of the molecule is O=C(CCC1CCS(=O)(=O)C1)NCc1nc(CN2CCOCC2)cs1. The molecule has 3 heterocycles. The van der Waals surface area contributed by atoms with Gasteiger partial charge in [0.1, 0.15) is 5.01 Å². The lowest BCUT2D eigenvalue weighted by molar-refractivity contribution is -0.121. The van der Waals surface area contributed by atoms with Crippen LogP contribution in [0.4, 0.5) is 0 Å². The van der Waals surface area contributed by atoms with Crippen LogP contribution >= 0.6 is 11.3 Å². The van der Waals surface area contributed by atoms with Crippen molar-refractivity contribution >= 4 is 27.1 Å². The van der Waals surface area contributed by atoms with Crippen molar-refractivity contribution in [3.05, 3.63) is 16.1 Å². The average Bonchev–Trinajstić information content (AvgIpc) is 3.18. The van der Waals surface area contributed by atoms with E-state index >= 15 is 0 Å². The molecule has 0 aromatic carbocycles. The third kappa shape index (κ3) is 6.02. The van der Waals surface area contributed by atoms with Crippen LogP contribution < -0.4 is 5.32 Å². The number of rotatable bonds is 7. The monoisotopic (exact) mass is 387 g/mol. The summed E-state index contributed by atoms with van der Waals surface area (Å²) in [6.45, 7) is 4.67. The molecule has 0 bridgehead atoms. The molecule has 0 aliphatic carbocycles. The second kappa shape index (κ2) is 8.57. The maximum Gasteiger partial charge on any atom is 0.220 e. The number of morpholine rings is 1. The molecule has 140 valence electrons. The van der Waals surface area contributed by atoms with E-state index in [0.717, 1.165) is 43.5 Å². The summed E-state index contributed by atoms with van der Waals surface area (Å²) in [4.78, 5) is 18.8. The van der Waals surface area contributed by atoms with Crippen LogP contribution in [0.15, 0.2) is 5.38 Å². The molecule has 2 aliphatic rings. The van der Waals surface area contributed by atoms with E-state index in [1.165, 1.54) is 0 Å². The first-order valence-corrected chi connectivity index (χ1v) is 11.4. The van der Waals surface area contributed by atoms with E-state index in [1.54, 1.807) is 11.3 Å².